The maximum Gasteiger partial charge on any atom is 0.312 e. The van der Waals surface area contributed by atoms with E-state index in [1.54, 1.807) is 12.1 Å². The molecule has 0 amide bonds. The number of nitrogen functional groups attached to an aromatic ring is 1. The standard InChI is InChI=1S/C22H20N4O3S/c1-12-7-9-14(10-8-12)26-18(22(28)29-25-26)19(27)20-17(23)15-11-13-5-3-2-4-6-16(13)24-21(15)30-20/h7-11H,2-6H2,1H3,(H2-,23,25,27,28). The van der Waals surface area contributed by atoms with Crippen molar-refractivity contribution in [2.45, 2.75) is 39.0 Å². The number of aryl methyl sites for hydroxylation is 3. The van der Waals surface area contributed by atoms with Crippen molar-refractivity contribution in [3.63, 3.8) is 0 Å². The Morgan fingerprint density at radius 3 is 2.77 bits per heavy atom. The summed E-state index contributed by atoms with van der Waals surface area (Å²) in [5, 5.41) is 16.9. The third-order valence-corrected chi connectivity index (χ3v) is 6.67. The first-order valence-corrected chi connectivity index (χ1v) is 10.8. The molecule has 0 aliphatic heterocycles. The number of hydrogen-bond donors (Lipinski definition) is 1. The monoisotopic (exact) mass is 420 g/mol. The Morgan fingerprint density at radius 1 is 1.20 bits per heavy atom. The molecule has 0 radical (unpaired) electrons. The van der Waals surface area contributed by atoms with Crippen molar-refractivity contribution < 1.29 is 19.1 Å². The van der Waals surface area contributed by atoms with Crippen LogP contribution in [0.3, 0.4) is 0 Å². The normalized spacial score (nSPS) is 13.9. The van der Waals surface area contributed by atoms with Crippen molar-refractivity contribution in [2.75, 3.05) is 5.73 Å². The number of carbonyl (C=O) groups is 1. The minimum absolute atomic E-state index is 0.168. The van der Waals surface area contributed by atoms with Crippen molar-refractivity contribution >= 4 is 33.0 Å². The van der Waals surface area contributed by atoms with E-state index >= 15 is 0 Å². The van der Waals surface area contributed by atoms with Gasteiger partial charge >= 0.3 is 5.69 Å². The Labute approximate surface area is 176 Å². The first-order valence-electron chi connectivity index (χ1n) is 9.94. The summed E-state index contributed by atoms with van der Waals surface area (Å²) in [6, 6.07) is 9.37. The molecular formula is C22H20N4O3S. The fraction of sp³-hybridized carbons (Fsp3) is 0.273. The van der Waals surface area contributed by atoms with E-state index in [1.807, 2.05) is 19.1 Å². The Balaban J connectivity index is 1.61. The van der Waals surface area contributed by atoms with Gasteiger partial charge in [-0.1, -0.05) is 24.1 Å². The van der Waals surface area contributed by atoms with Crippen LogP contribution in [0, 0.1) is 6.92 Å². The summed E-state index contributed by atoms with van der Waals surface area (Å²) >= 11 is 1.22. The molecule has 152 valence electrons. The minimum Gasteiger partial charge on any atom is -0.539 e. The molecule has 3 heterocycles. The lowest BCUT2D eigenvalue weighted by molar-refractivity contribution is -0.672. The third kappa shape index (κ3) is 3.04. The average Bonchev–Trinajstić information content (AvgIpc) is 3.17. The summed E-state index contributed by atoms with van der Waals surface area (Å²) in [5.74, 6) is -1.29. The van der Waals surface area contributed by atoms with Crippen LogP contribution in [0.4, 0.5) is 5.69 Å². The SMILES string of the molecule is Cc1ccc(-[n+]2noc([O-])c2C(=O)c2sc3nc4c(cc3c2N)CCCCC4)cc1. The van der Waals surface area contributed by atoms with Gasteiger partial charge in [0.2, 0.25) is 5.69 Å². The molecule has 0 saturated heterocycles. The van der Waals surface area contributed by atoms with Crippen LogP contribution in [0.5, 0.6) is 5.95 Å². The molecule has 0 spiro atoms. The third-order valence-electron chi connectivity index (χ3n) is 5.56. The highest BCUT2D eigenvalue weighted by molar-refractivity contribution is 7.21. The summed E-state index contributed by atoms with van der Waals surface area (Å²) in [5.41, 5.74) is 10.5. The van der Waals surface area contributed by atoms with Crippen LogP contribution in [-0.2, 0) is 12.8 Å². The van der Waals surface area contributed by atoms with Crippen molar-refractivity contribution in [1.82, 2.24) is 10.3 Å². The first kappa shape index (κ1) is 18.7. The summed E-state index contributed by atoms with van der Waals surface area (Å²) in [7, 11) is 0. The number of thiophene rings is 1. The molecule has 0 fully saturated rings. The summed E-state index contributed by atoms with van der Waals surface area (Å²) in [6.45, 7) is 1.95. The fourth-order valence-electron chi connectivity index (χ4n) is 3.91. The number of pyridine rings is 1. The smallest absolute Gasteiger partial charge is 0.312 e. The summed E-state index contributed by atoms with van der Waals surface area (Å²) in [4.78, 5) is 19.1. The van der Waals surface area contributed by atoms with E-state index in [1.165, 1.54) is 28.0 Å². The zero-order valence-electron chi connectivity index (χ0n) is 16.5. The predicted molar refractivity (Wildman–Crippen MR) is 111 cm³/mol. The highest BCUT2D eigenvalue weighted by Gasteiger charge is 2.32. The molecule has 0 unspecified atom stereocenters. The van der Waals surface area contributed by atoms with Gasteiger partial charge in [0.25, 0.3) is 5.78 Å². The van der Waals surface area contributed by atoms with E-state index in [4.69, 9.17) is 15.2 Å². The molecule has 0 saturated carbocycles. The van der Waals surface area contributed by atoms with E-state index in [-0.39, 0.29) is 5.69 Å². The van der Waals surface area contributed by atoms with E-state index in [0.29, 0.717) is 16.3 Å². The topological polar surface area (TPSA) is 109 Å². The number of carbonyl (C=O) groups excluding carboxylic acids is 1. The molecule has 8 heteroatoms. The number of hydrogen-bond acceptors (Lipinski definition) is 7. The Bertz CT molecular complexity index is 1270. The quantitative estimate of drug-likeness (QED) is 0.310. The molecule has 2 N–H and O–H groups in total. The van der Waals surface area contributed by atoms with Crippen LogP contribution in [-0.4, -0.2) is 16.0 Å². The van der Waals surface area contributed by atoms with Crippen LogP contribution in [0.1, 0.15) is 51.4 Å². The van der Waals surface area contributed by atoms with Gasteiger partial charge in [-0.25, -0.2) is 4.98 Å². The van der Waals surface area contributed by atoms with Gasteiger partial charge in [0.05, 0.1) is 11.0 Å². The van der Waals surface area contributed by atoms with Crippen LogP contribution in [0.2, 0.25) is 0 Å². The highest BCUT2D eigenvalue weighted by Crippen LogP contribution is 2.36. The van der Waals surface area contributed by atoms with Gasteiger partial charge in [-0.3, -0.25) is 4.79 Å². The van der Waals surface area contributed by atoms with Crippen molar-refractivity contribution in [3.8, 4) is 11.6 Å². The van der Waals surface area contributed by atoms with Crippen molar-refractivity contribution in [2.24, 2.45) is 0 Å². The Hall–Kier alpha value is -3.26. The number of fused-ring (bicyclic) bond motifs is 2. The molecule has 30 heavy (non-hydrogen) atoms. The van der Waals surface area contributed by atoms with Crippen molar-refractivity contribution in [1.29, 1.82) is 0 Å². The van der Waals surface area contributed by atoms with E-state index in [0.717, 1.165) is 47.2 Å². The van der Waals surface area contributed by atoms with Crippen LogP contribution >= 0.6 is 11.3 Å². The van der Waals surface area contributed by atoms with Gasteiger partial charge in [-0.2, -0.15) is 0 Å². The largest absolute Gasteiger partial charge is 0.539 e. The molecular weight excluding hydrogens is 400 g/mol. The van der Waals surface area contributed by atoms with Gasteiger partial charge in [0, 0.05) is 23.2 Å². The van der Waals surface area contributed by atoms with Crippen LogP contribution in [0.25, 0.3) is 15.9 Å². The summed E-state index contributed by atoms with van der Waals surface area (Å²) < 4.78 is 6.05. The van der Waals surface area contributed by atoms with E-state index in [2.05, 4.69) is 11.3 Å². The number of aromatic nitrogens is 3. The first-order chi connectivity index (χ1) is 14.5. The molecule has 3 aromatic heterocycles. The Kier molecular flexibility index (Phi) is 4.51. The molecule has 0 bridgehead atoms. The average molecular weight is 420 g/mol. The predicted octanol–water partition coefficient (Wildman–Crippen LogP) is 3.03. The van der Waals surface area contributed by atoms with Crippen molar-refractivity contribution in [3.05, 3.63) is 57.7 Å². The molecule has 0 atom stereocenters. The number of nitrogens with two attached hydrogens (primary N) is 1. The molecule has 1 aliphatic rings. The number of rotatable bonds is 3. The van der Waals surface area contributed by atoms with Gasteiger partial charge in [0.1, 0.15) is 9.71 Å². The minimum atomic E-state index is -0.791. The molecule has 7 nitrogen and oxygen atoms in total. The molecule has 5 rings (SSSR count). The second-order valence-corrected chi connectivity index (χ2v) is 8.64. The zero-order chi connectivity index (χ0) is 20.8. The number of anilines is 1. The lowest BCUT2D eigenvalue weighted by Crippen LogP contribution is -2.39. The second-order valence-electron chi connectivity index (χ2n) is 7.64. The summed E-state index contributed by atoms with van der Waals surface area (Å²) in [6.07, 6.45) is 5.36. The number of nitrogens with zero attached hydrogens (tertiary/aromatic N) is 3. The second kappa shape index (κ2) is 7.21. The molecule has 4 aromatic rings. The fourth-order valence-corrected chi connectivity index (χ4v) is 4.95. The van der Waals surface area contributed by atoms with Crippen LogP contribution < -0.4 is 15.5 Å². The van der Waals surface area contributed by atoms with Gasteiger partial charge in [-0.15, -0.1) is 11.3 Å². The van der Waals surface area contributed by atoms with E-state index in [9.17, 15) is 9.90 Å². The molecule has 1 aromatic carbocycles. The van der Waals surface area contributed by atoms with Gasteiger partial charge < -0.3 is 15.4 Å². The Morgan fingerprint density at radius 2 is 1.97 bits per heavy atom. The number of benzene rings is 1. The zero-order valence-corrected chi connectivity index (χ0v) is 17.3. The molecule has 1 aliphatic carbocycles. The lowest BCUT2D eigenvalue weighted by atomic mass is 10.1. The number of ketones is 1. The van der Waals surface area contributed by atoms with Gasteiger partial charge in [-0.05, 0) is 48.9 Å². The highest BCUT2D eigenvalue weighted by atomic mass is 32.1. The van der Waals surface area contributed by atoms with Gasteiger partial charge in [0.15, 0.2) is 5.95 Å². The van der Waals surface area contributed by atoms with E-state index < -0.39 is 11.7 Å². The lowest BCUT2D eigenvalue weighted by Gasteiger charge is -2.04. The maximum absolute atomic E-state index is 13.3. The maximum atomic E-state index is 13.3. The van der Waals surface area contributed by atoms with Crippen LogP contribution in [0.15, 0.2) is 34.9 Å².